The minimum Gasteiger partial charge on any atom is -0.359 e. The number of hydrazine groups is 1. The van der Waals surface area contributed by atoms with Crippen molar-refractivity contribution >= 4 is 35.1 Å². The molecule has 11 heteroatoms. The molecule has 0 spiro atoms. The number of rotatable bonds is 5. The number of pyridine rings is 1. The van der Waals surface area contributed by atoms with Crippen LogP contribution >= 0.6 is 11.6 Å². The van der Waals surface area contributed by atoms with E-state index < -0.39 is 28.7 Å². The standard InChI is InChI=1S/C15H14ClF3N4O3/c1-7-8(3-6-11(24)20-2)14(26)23(13(7)25)22-10-5-4-9(12(16)21-10)15(17,18)19/h4-5H,3,6H2,1-2H3,(H,20,24)(H,21,22). The van der Waals surface area contributed by atoms with Gasteiger partial charge in [-0.1, -0.05) is 11.6 Å². The minimum atomic E-state index is -4.67. The third kappa shape index (κ3) is 3.96. The van der Waals surface area contributed by atoms with Crippen LogP contribution in [0, 0.1) is 0 Å². The van der Waals surface area contributed by atoms with Gasteiger partial charge in [-0.15, -0.1) is 0 Å². The Balaban J connectivity index is 2.16. The van der Waals surface area contributed by atoms with Crippen molar-refractivity contribution < 1.29 is 27.6 Å². The first kappa shape index (κ1) is 19.7. The Morgan fingerprint density at radius 2 is 1.92 bits per heavy atom. The summed E-state index contributed by atoms with van der Waals surface area (Å²) >= 11 is 5.52. The third-order valence-corrected chi connectivity index (χ3v) is 3.99. The lowest BCUT2D eigenvalue weighted by Gasteiger charge is -2.17. The van der Waals surface area contributed by atoms with E-state index in [2.05, 4.69) is 15.7 Å². The van der Waals surface area contributed by atoms with Crippen LogP contribution in [-0.2, 0) is 20.6 Å². The number of anilines is 1. The predicted molar refractivity (Wildman–Crippen MR) is 85.7 cm³/mol. The smallest absolute Gasteiger partial charge is 0.359 e. The van der Waals surface area contributed by atoms with Gasteiger partial charge in [0.2, 0.25) is 5.91 Å². The number of carbonyl (C=O) groups is 3. The molecular weight excluding hydrogens is 377 g/mol. The highest BCUT2D eigenvalue weighted by Gasteiger charge is 2.37. The number of hydrogen-bond donors (Lipinski definition) is 2. The maximum Gasteiger partial charge on any atom is 0.419 e. The fraction of sp³-hybridized carbons (Fsp3) is 0.333. The Hall–Kier alpha value is -2.62. The van der Waals surface area contributed by atoms with E-state index >= 15 is 0 Å². The summed E-state index contributed by atoms with van der Waals surface area (Å²) in [7, 11) is 1.44. The van der Waals surface area contributed by atoms with Gasteiger partial charge in [0.25, 0.3) is 11.8 Å². The first-order valence-electron chi connectivity index (χ1n) is 7.35. The van der Waals surface area contributed by atoms with Crippen molar-refractivity contribution in [3.63, 3.8) is 0 Å². The molecule has 0 aliphatic carbocycles. The maximum atomic E-state index is 12.7. The molecule has 140 valence electrons. The van der Waals surface area contributed by atoms with Crippen molar-refractivity contribution in [3.8, 4) is 0 Å². The van der Waals surface area contributed by atoms with Gasteiger partial charge in [-0.3, -0.25) is 19.8 Å². The van der Waals surface area contributed by atoms with Crippen molar-refractivity contribution in [2.45, 2.75) is 25.9 Å². The lowest BCUT2D eigenvalue weighted by molar-refractivity contribution is -0.138. The highest BCUT2D eigenvalue weighted by molar-refractivity contribution is 6.30. The number of nitrogens with zero attached hydrogens (tertiary/aromatic N) is 2. The number of aromatic nitrogens is 1. The number of amides is 3. The molecule has 1 aromatic heterocycles. The van der Waals surface area contributed by atoms with Crippen LogP contribution in [-0.4, -0.2) is 34.8 Å². The molecule has 7 nitrogen and oxygen atoms in total. The lowest BCUT2D eigenvalue weighted by Crippen LogP contribution is -2.37. The molecule has 0 radical (unpaired) electrons. The molecule has 2 rings (SSSR count). The predicted octanol–water partition coefficient (Wildman–Crippen LogP) is 2.29. The van der Waals surface area contributed by atoms with Gasteiger partial charge in [-0.2, -0.15) is 18.2 Å². The van der Waals surface area contributed by atoms with Crippen molar-refractivity contribution in [2.24, 2.45) is 0 Å². The molecule has 1 aliphatic rings. The van der Waals surface area contributed by atoms with Crippen molar-refractivity contribution in [1.29, 1.82) is 0 Å². The average molecular weight is 391 g/mol. The molecule has 26 heavy (non-hydrogen) atoms. The number of carbonyl (C=O) groups excluding carboxylic acids is 3. The first-order valence-corrected chi connectivity index (χ1v) is 7.73. The summed E-state index contributed by atoms with van der Waals surface area (Å²) in [6.45, 7) is 1.42. The fourth-order valence-corrected chi connectivity index (χ4v) is 2.53. The van der Waals surface area contributed by atoms with Crippen LogP contribution in [0.3, 0.4) is 0 Å². The highest BCUT2D eigenvalue weighted by Crippen LogP contribution is 2.34. The van der Waals surface area contributed by atoms with Crippen molar-refractivity contribution in [1.82, 2.24) is 15.3 Å². The molecule has 0 fully saturated rings. The van der Waals surface area contributed by atoms with Gasteiger partial charge in [0, 0.05) is 24.6 Å². The normalized spacial score (nSPS) is 14.9. The Labute approximate surface area is 151 Å². The van der Waals surface area contributed by atoms with Crippen LogP contribution in [0.5, 0.6) is 0 Å². The Kier molecular flexibility index (Phi) is 5.55. The summed E-state index contributed by atoms with van der Waals surface area (Å²) in [5, 5.41) is 2.21. The molecule has 0 unspecified atom stereocenters. The fourth-order valence-electron chi connectivity index (χ4n) is 2.27. The molecular formula is C15H14ClF3N4O3. The van der Waals surface area contributed by atoms with Crippen molar-refractivity contribution in [3.05, 3.63) is 34.0 Å². The van der Waals surface area contributed by atoms with Gasteiger partial charge in [-0.05, 0) is 25.5 Å². The number of nitrogens with one attached hydrogen (secondary N) is 2. The van der Waals surface area contributed by atoms with Gasteiger partial charge >= 0.3 is 6.18 Å². The maximum absolute atomic E-state index is 12.7. The number of halogens is 4. The molecule has 0 saturated heterocycles. The lowest BCUT2D eigenvalue weighted by atomic mass is 10.1. The van der Waals surface area contributed by atoms with Crippen molar-refractivity contribution in [2.75, 3.05) is 12.5 Å². The molecule has 0 bridgehead atoms. The SMILES string of the molecule is CNC(=O)CCC1=C(C)C(=O)N(Nc2ccc(C(F)(F)F)c(Cl)n2)C1=O. The molecule has 3 amide bonds. The van der Waals surface area contributed by atoms with Gasteiger partial charge in [0.05, 0.1) is 5.56 Å². The van der Waals surface area contributed by atoms with E-state index in [-0.39, 0.29) is 35.7 Å². The molecule has 0 aromatic carbocycles. The Morgan fingerprint density at radius 1 is 1.27 bits per heavy atom. The summed E-state index contributed by atoms with van der Waals surface area (Å²) in [6.07, 6.45) is -4.61. The van der Waals surface area contributed by atoms with E-state index in [1.54, 1.807) is 0 Å². The van der Waals surface area contributed by atoms with E-state index in [0.29, 0.717) is 11.1 Å². The minimum absolute atomic E-state index is 0.0143. The average Bonchev–Trinajstić information content (AvgIpc) is 2.75. The zero-order valence-electron chi connectivity index (χ0n) is 13.7. The van der Waals surface area contributed by atoms with Crippen LogP contribution in [0.2, 0.25) is 5.15 Å². The number of alkyl halides is 3. The Bertz CT molecular complexity index is 808. The first-order chi connectivity index (χ1) is 12.1. The summed E-state index contributed by atoms with van der Waals surface area (Å²) in [5.74, 6) is -1.88. The molecule has 0 atom stereocenters. The summed E-state index contributed by atoms with van der Waals surface area (Å²) < 4.78 is 38.1. The molecule has 1 aromatic rings. The van der Waals surface area contributed by atoms with E-state index in [0.717, 1.165) is 6.07 Å². The second kappa shape index (κ2) is 7.32. The second-order valence-electron chi connectivity index (χ2n) is 5.37. The van der Waals surface area contributed by atoms with E-state index in [1.807, 2.05) is 0 Å². The summed E-state index contributed by atoms with van der Waals surface area (Å²) in [4.78, 5) is 39.4. The third-order valence-electron chi connectivity index (χ3n) is 3.70. The van der Waals surface area contributed by atoms with Crippen LogP contribution in [0.1, 0.15) is 25.3 Å². The molecule has 2 heterocycles. The van der Waals surface area contributed by atoms with E-state index in [4.69, 9.17) is 11.6 Å². The van der Waals surface area contributed by atoms with Gasteiger partial charge in [0.15, 0.2) is 0 Å². The van der Waals surface area contributed by atoms with Crippen LogP contribution in [0.4, 0.5) is 19.0 Å². The summed E-state index contributed by atoms with van der Waals surface area (Å²) in [5.41, 5.74) is 1.50. The molecule has 0 saturated carbocycles. The zero-order valence-corrected chi connectivity index (χ0v) is 14.5. The Morgan fingerprint density at radius 3 is 2.46 bits per heavy atom. The second-order valence-corrected chi connectivity index (χ2v) is 5.72. The van der Waals surface area contributed by atoms with Gasteiger partial charge in [0.1, 0.15) is 11.0 Å². The monoisotopic (exact) mass is 390 g/mol. The largest absolute Gasteiger partial charge is 0.419 e. The van der Waals surface area contributed by atoms with E-state index in [9.17, 15) is 27.6 Å². The van der Waals surface area contributed by atoms with Crippen LogP contribution in [0.15, 0.2) is 23.3 Å². The number of hydrogen-bond acceptors (Lipinski definition) is 5. The quantitative estimate of drug-likeness (QED) is 0.594. The molecule has 1 aliphatic heterocycles. The van der Waals surface area contributed by atoms with Crippen LogP contribution in [0.25, 0.3) is 0 Å². The topological polar surface area (TPSA) is 91.4 Å². The van der Waals surface area contributed by atoms with Crippen LogP contribution < -0.4 is 10.7 Å². The highest BCUT2D eigenvalue weighted by atomic mass is 35.5. The van der Waals surface area contributed by atoms with Gasteiger partial charge in [-0.25, -0.2) is 4.98 Å². The van der Waals surface area contributed by atoms with Gasteiger partial charge < -0.3 is 5.32 Å². The summed E-state index contributed by atoms with van der Waals surface area (Å²) in [6, 6.07) is 1.64. The molecule has 2 N–H and O–H groups in total. The number of imide groups is 1. The zero-order chi connectivity index (χ0) is 19.6. The van der Waals surface area contributed by atoms with E-state index in [1.165, 1.54) is 14.0 Å².